The van der Waals surface area contributed by atoms with Crippen LogP contribution in [0, 0.1) is 12.3 Å². The quantitative estimate of drug-likeness (QED) is 0.296. The summed E-state index contributed by atoms with van der Waals surface area (Å²) in [6, 6.07) is 25.2. The van der Waals surface area contributed by atoms with E-state index in [9.17, 15) is 0 Å². The molecular formula is C22H18N2. The Labute approximate surface area is 141 Å². The lowest BCUT2D eigenvalue weighted by Gasteiger charge is -2.11. The van der Waals surface area contributed by atoms with Crippen molar-refractivity contribution in [1.82, 2.24) is 0 Å². The molecule has 0 heterocycles. The largest absolute Gasteiger partial charge is 0.384 e. The topological polar surface area (TPSA) is 49.9 Å². The normalized spacial score (nSPS) is 11.0. The number of aryl methyl sites for hydroxylation is 1. The van der Waals surface area contributed by atoms with E-state index >= 15 is 0 Å². The van der Waals surface area contributed by atoms with Gasteiger partial charge < -0.3 is 5.73 Å². The van der Waals surface area contributed by atoms with E-state index in [1.807, 2.05) is 24.3 Å². The molecule has 24 heavy (non-hydrogen) atoms. The molecule has 0 bridgehead atoms. The Kier molecular flexibility index (Phi) is 3.31. The van der Waals surface area contributed by atoms with Crippen LogP contribution in [-0.2, 0) is 0 Å². The third-order valence-electron chi connectivity index (χ3n) is 4.52. The monoisotopic (exact) mass is 310 g/mol. The fraction of sp³-hybridized carbons (Fsp3) is 0.0455. The van der Waals surface area contributed by atoms with Crippen molar-refractivity contribution in [1.29, 1.82) is 5.41 Å². The first kappa shape index (κ1) is 14.5. The van der Waals surface area contributed by atoms with E-state index in [4.69, 9.17) is 11.1 Å². The molecule has 3 N–H and O–H groups in total. The number of nitrogens with one attached hydrogen (secondary N) is 1. The average molecular weight is 310 g/mol. The van der Waals surface area contributed by atoms with Crippen molar-refractivity contribution in [2.24, 2.45) is 5.73 Å². The maximum Gasteiger partial charge on any atom is 0.123 e. The van der Waals surface area contributed by atoms with Crippen molar-refractivity contribution in [2.75, 3.05) is 0 Å². The highest BCUT2D eigenvalue weighted by Gasteiger charge is 2.08. The average Bonchev–Trinajstić information content (AvgIpc) is 2.60. The lowest BCUT2D eigenvalue weighted by atomic mass is 9.94. The Balaban J connectivity index is 1.96. The van der Waals surface area contributed by atoms with Gasteiger partial charge in [-0.15, -0.1) is 0 Å². The second kappa shape index (κ2) is 5.50. The molecular weight excluding hydrogens is 292 g/mol. The summed E-state index contributed by atoms with van der Waals surface area (Å²) in [5.74, 6) is 0.0969. The second-order valence-corrected chi connectivity index (χ2v) is 6.19. The van der Waals surface area contributed by atoms with Crippen molar-refractivity contribution < 1.29 is 0 Å². The molecule has 0 aliphatic heterocycles. The minimum absolute atomic E-state index is 0.0969. The summed E-state index contributed by atoms with van der Waals surface area (Å²) >= 11 is 0. The highest BCUT2D eigenvalue weighted by atomic mass is 14.7. The van der Waals surface area contributed by atoms with Gasteiger partial charge >= 0.3 is 0 Å². The number of nitrogen functional groups attached to an aromatic ring is 1. The predicted octanol–water partition coefficient (Wildman–Crippen LogP) is 5.25. The zero-order valence-electron chi connectivity index (χ0n) is 13.5. The van der Waals surface area contributed by atoms with Gasteiger partial charge in [-0.1, -0.05) is 72.3 Å². The van der Waals surface area contributed by atoms with Crippen LogP contribution in [0.3, 0.4) is 0 Å². The molecule has 4 aromatic rings. The fourth-order valence-corrected chi connectivity index (χ4v) is 3.33. The van der Waals surface area contributed by atoms with Gasteiger partial charge in [-0.05, 0) is 45.7 Å². The number of benzene rings is 4. The van der Waals surface area contributed by atoms with Gasteiger partial charge in [0.2, 0.25) is 0 Å². The van der Waals surface area contributed by atoms with Crippen LogP contribution >= 0.6 is 0 Å². The molecule has 4 aromatic carbocycles. The highest BCUT2D eigenvalue weighted by molar-refractivity contribution is 6.09. The smallest absolute Gasteiger partial charge is 0.123 e. The molecule has 0 radical (unpaired) electrons. The molecule has 2 nitrogen and oxygen atoms in total. The summed E-state index contributed by atoms with van der Waals surface area (Å²) in [6.07, 6.45) is 0. The van der Waals surface area contributed by atoms with Gasteiger partial charge in [0.05, 0.1) is 0 Å². The van der Waals surface area contributed by atoms with Crippen LogP contribution in [0.5, 0.6) is 0 Å². The van der Waals surface area contributed by atoms with Crippen LogP contribution in [0.1, 0.15) is 11.1 Å². The van der Waals surface area contributed by atoms with Crippen LogP contribution in [0.25, 0.3) is 32.7 Å². The molecule has 0 aliphatic rings. The lowest BCUT2D eigenvalue weighted by Crippen LogP contribution is -2.12. The first-order valence-electron chi connectivity index (χ1n) is 8.00. The standard InChI is InChI=1S/C22H18N2/c1-14-6-10-19-15(12-14)7-8-16-13-17(9-11-20(16)19)18-4-2-3-5-21(18)22(23)24/h2-13H,1H3,(H3,23,24). The molecule has 2 heteroatoms. The van der Waals surface area contributed by atoms with Crippen molar-refractivity contribution in [2.45, 2.75) is 6.92 Å². The molecule has 0 aromatic heterocycles. The molecule has 0 saturated carbocycles. The summed E-state index contributed by atoms with van der Waals surface area (Å²) in [5.41, 5.74) is 9.86. The number of nitrogens with two attached hydrogens (primary N) is 1. The Morgan fingerprint density at radius 1 is 0.792 bits per heavy atom. The van der Waals surface area contributed by atoms with E-state index in [0.717, 1.165) is 16.7 Å². The lowest BCUT2D eigenvalue weighted by molar-refractivity contribution is 1.42. The molecule has 0 spiro atoms. The zero-order chi connectivity index (χ0) is 16.7. The minimum Gasteiger partial charge on any atom is -0.384 e. The second-order valence-electron chi connectivity index (χ2n) is 6.19. The van der Waals surface area contributed by atoms with E-state index in [0.29, 0.717) is 0 Å². The molecule has 0 amide bonds. The van der Waals surface area contributed by atoms with Crippen molar-refractivity contribution in [3.63, 3.8) is 0 Å². The molecule has 0 aliphatic carbocycles. The Hall–Kier alpha value is -3.13. The van der Waals surface area contributed by atoms with E-state index in [-0.39, 0.29) is 5.84 Å². The molecule has 0 unspecified atom stereocenters. The van der Waals surface area contributed by atoms with E-state index in [2.05, 4.69) is 55.5 Å². The van der Waals surface area contributed by atoms with Gasteiger partial charge in [-0.3, -0.25) is 5.41 Å². The zero-order valence-corrected chi connectivity index (χ0v) is 13.5. The maximum atomic E-state index is 7.79. The Morgan fingerprint density at radius 2 is 1.46 bits per heavy atom. The van der Waals surface area contributed by atoms with Crippen molar-refractivity contribution in [3.05, 3.63) is 83.9 Å². The fourth-order valence-electron chi connectivity index (χ4n) is 3.33. The van der Waals surface area contributed by atoms with Crippen LogP contribution in [0.2, 0.25) is 0 Å². The Bertz CT molecular complexity index is 1090. The SMILES string of the molecule is Cc1ccc2c(ccc3cc(-c4ccccc4C(=N)N)ccc32)c1. The van der Waals surface area contributed by atoms with Crippen LogP contribution < -0.4 is 5.73 Å². The minimum atomic E-state index is 0.0969. The first-order valence-corrected chi connectivity index (χ1v) is 8.00. The van der Waals surface area contributed by atoms with Gasteiger partial charge in [-0.2, -0.15) is 0 Å². The van der Waals surface area contributed by atoms with E-state index in [1.165, 1.54) is 27.1 Å². The van der Waals surface area contributed by atoms with Crippen LogP contribution in [0.15, 0.2) is 72.8 Å². The molecule has 0 saturated heterocycles. The third-order valence-corrected chi connectivity index (χ3v) is 4.52. The first-order chi connectivity index (χ1) is 11.6. The Morgan fingerprint density at radius 3 is 2.21 bits per heavy atom. The van der Waals surface area contributed by atoms with Gasteiger partial charge in [0.15, 0.2) is 0 Å². The summed E-state index contributed by atoms with van der Waals surface area (Å²) in [6.45, 7) is 2.12. The molecule has 4 rings (SSSR count). The van der Waals surface area contributed by atoms with Gasteiger partial charge in [0, 0.05) is 5.56 Å². The van der Waals surface area contributed by atoms with Crippen molar-refractivity contribution >= 4 is 27.4 Å². The summed E-state index contributed by atoms with van der Waals surface area (Å²) < 4.78 is 0. The number of amidine groups is 1. The maximum absolute atomic E-state index is 7.79. The highest BCUT2D eigenvalue weighted by Crippen LogP contribution is 2.31. The number of hydrogen-bond donors (Lipinski definition) is 2. The van der Waals surface area contributed by atoms with Gasteiger partial charge in [-0.25, -0.2) is 0 Å². The summed E-state index contributed by atoms with van der Waals surface area (Å²) in [7, 11) is 0. The predicted molar refractivity (Wildman–Crippen MR) is 103 cm³/mol. The molecule has 0 atom stereocenters. The number of hydrogen-bond acceptors (Lipinski definition) is 1. The molecule has 116 valence electrons. The third kappa shape index (κ3) is 2.33. The van der Waals surface area contributed by atoms with Gasteiger partial charge in [0.25, 0.3) is 0 Å². The van der Waals surface area contributed by atoms with Crippen LogP contribution in [-0.4, -0.2) is 5.84 Å². The van der Waals surface area contributed by atoms with Crippen molar-refractivity contribution in [3.8, 4) is 11.1 Å². The van der Waals surface area contributed by atoms with E-state index in [1.54, 1.807) is 0 Å². The number of fused-ring (bicyclic) bond motifs is 3. The van der Waals surface area contributed by atoms with Gasteiger partial charge in [0.1, 0.15) is 5.84 Å². The van der Waals surface area contributed by atoms with Crippen LogP contribution in [0.4, 0.5) is 0 Å². The molecule has 0 fully saturated rings. The van der Waals surface area contributed by atoms with E-state index < -0.39 is 0 Å². The summed E-state index contributed by atoms with van der Waals surface area (Å²) in [4.78, 5) is 0. The number of rotatable bonds is 2. The summed E-state index contributed by atoms with van der Waals surface area (Å²) in [5, 5.41) is 12.8.